The molecule has 0 amide bonds. The zero-order chi connectivity index (χ0) is 3.58. The molecule has 5 heteroatoms. The van der Waals surface area contributed by atoms with E-state index in [1.807, 2.05) is 0 Å². The van der Waals surface area contributed by atoms with Gasteiger partial charge in [0.2, 0.25) is 0 Å². The van der Waals surface area contributed by atoms with Crippen molar-refractivity contribution in [2.45, 2.75) is 0 Å². The van der Waals surface area contributed by atoms with Gasteiger partial charge in [-0.05, 0) is 0 Å². The molecule has 3 nitrogen and oxygen atoms in total. The van der Waals surface area contributed by atoms with Gasteiger partial charge < -0.3 is 0 Å². The van der Waals surface area contributed by atoms with Crippen LogP contribution in [-0.2, 0) is 26.5 Å². The fourth-order valence-corrected chi connectivity index (χ4v) is 0. The average Bonchev–Trinajstić information content (AvgIpc) is 0.811. The molecule has 0 saturated heterocycles. The second-order valence-electron chi connectivity index (χ2n) is 0.177. The average molecular weight is 188 g/mol. The Hall–Kier alpha value is 1.66. The molecule has 0 rings (SSSR count). The summed E-state index contributed by atoms with van der Waals surface area (Å²) in [7, 11) is 0. The van der Waals surface area contributed by atoms with Gasteiger partial charge in [0.1, 0.15) is 0 Å². The fourth-order valence-electron chi connectivity index (χ4n) is 0. The van der Waals surface area contributed by atoms with E-state index < -0.39 is 15.8 Å². The zero-order valence-corrected chi connectivity index (χ0v) is 7.44. The van der Waals surface area contributed by atoms with Crippen molar-refractivity contribution in [2.24, 2.45) is 0 Å². The Morgan fingerprint density at radius 2 is 1.00 bits per heavy atom. The van der Waals surface area contributed by atoms with Gasteiger partial charge in [-0.1, -0.05) is 0 Å². The first kappa shape index (κ1) is 9.82. The first-order valence-electron chi connectivity index (χ1n) is 0.433. The quantitative estimate of drug-likeness (QED) is 0.470. The van der Waals surface area contributed by atoms with Crippen LogP contribution in [0.15, 0.2) is 0 Å². The van der Waals surface area contributed by atoms with Crippen LogP contribution in [0.4, 0.5) is 0 Å². The first-order chi connectivity index (χ1) is 1.73. The number of hydrogen-bond donors (Lipinski definition) is 0. The molecule has 0 unspecified atom stereocenters. The van der Waals surface area contributed by atoms with E-state index in [9.17, 15) is 0 Å². The summed E-state index contributed by atoms with van der Waals surface area (Å²) in [6.45, 7) is 0. The summed E-state index contributed by atoms with van der Waals surface area (Å²) in [5.74, 6) is 0. The predicted molar refractivity (Wildman–Crippen MR) is 7.81 cm³/mol. The molecule has 0 saturated carbocycles. The molecule has 0 aromatic rings. The third-order valence-electron chi connectivity index (χ3n) is 0. The van der Waals surface area contributed by atoms with Gasteiger partial charge in [-0.3, -0.25) is 0 Å². The molecule has 5 heavy (non-hydrogen) atoms. The Labute approximate surface area is 76.2 Å². The Morgan fingerprint density at radius 3 is 1.00 bits per heavy atom. The van der Waals surface area contributed by atoms with Crippen LogP contribution in [0.25, 0.3) is 0 Å². The van der Waals surface area contributed by atoms with E-state index in [-0.39, 0.29) is 51.4 Å². The van der Waals surface area contributed by atoms with Gasteiger partial charge in [-0.15, -0.1) is 0 Å². The third-order valence-corrected chi connectivity index (χ3v) is 0. The Balaban J connectivity index is 0. The standard InChI is InChI=1S/K.3O.Ru. The predicted octanol–water partition coefficient (Wildman–Crippen LogP) is -0.740. The molecule has 0 aromatic carbocycles. The van der Waals surface area contributed by atoms with Crippen molar-refractivity contribution < 1.29 is 26.5 Å². The first-order valence-corrected chi connectivity index (χ1v) is 2.56. The van der Waals surface area contributed by atoms with E-state index >= 15 is 0 Å². The van der Waals surface area contributed by atoms with E-state index in [0.717, 1.165) is 0 Å². The second kappa shape index (κ2) is 5.66. The summed E-state index contributed by atoms with van der Waals surface area (Å²) in [4.78, 5) is 0. The summed E-state index contributed by atoms with van der Waals surface area (Å²) in [6, 6.07) is 0. The Kier molecular flexibility index (Phi) is 11.1. The van der Waals surface area contributed by atoms with Crippen LogP contribution in [0.5, 0.6) is 0 Å². The third kappa shape index (κ3) is 27.5. The minimum absolute atomic E-state index is 0. The van der Waals surface area contributed by atoms with Crippen molar-refractivity contribution in [3.63, 3.8) is 0 Å². The van der Waals surface area contributed by atoms with Gasteiger partial charge >= 0.3 is 26.5 Å². The molecule has 0 aliphatic heterocycles. The Bertz CT molecular complexity index is 76.3. The normalized spacial score (nSPS) is 6.60. The van der Waals surface area contributed by atoms with Gasteiger partial charge in [0, 0.05) is 51.4 Å². The molecule has 0 atom stereocenters. The van der Waals surface area contributed by atoms with Gasteiger partial charge in [-0.25, -0.2) is 0 Å². The molecule has 0 aliphatic carbocycles. The van der Waals surface area contributed by atoms with Crippen LogP contribution >= 0.6 is 0 Å². The molecule has 0 aliphatic rings. The maximum atomic E-state index is 8.56. The second-order valence-corrected chi connectivity index (χ2v) is 1.05. The van der Waals surface area contributed by atoms with E-state index in [1.165, 1.54) is 0 Å². The molecular formula is KO3Ru. The van der Waals surface area contributed by atoms with Crippen LogP contribution in [0, 0.1) is 0 Å². The van der Waals surface area contributed by atoms with Gasteiger partial charge in [0.05, 0.1) is 0 Å². The van der Waals surface area contributed by atoms with Crippen molar-refractivity contribution in [3.8, 4) is 0 Å². The van der Waals surface area contributed by atoms with Crippen molar-refractivity contribution in [1.29, 1.82) is 0 Å². The molecule has 0 spiro atoms. The van der Waals surface area contributed by atoms with Crippen LogP contribution < -0.4 is 0 Å². The van der Waals surface area contributed by atoms with Crippen LogP contribution in [0.3, 0.4) is 0 Å². The SMILES string of the molecule is [K].[O]=[Ru](=[O])=[O]. The molecule has 27 valence electrons. The van der Waals surface area contributed by atoms with Gasteiger partial charge in [0.25, 0.3) is 0 Å². The van der Waals surface area contributed by atoms with Crippen molar-refractivity contribution in [2.75, 3.05) is 0 Å². The summed E-state index contributed by atoms with van der Waals surface area (Å²) in [5, 5.41) is 0. The van der Waals surface area contributed by atoms with E-state index in [1.54, 1.807) is 0 Å². The zero-order valence-electron chi connectivity index (χ0n) is 2.58. The van der Waals surface area contributed by atoms with E-state index in [2.05, 4.69) is 0 Å². The summed E-state index contributed by atoms with van der Waals surface area (Å²) < 4.78 is 25.7. The summed E-state index contributed by atoms with van der Waals surface area (Å²) in [5.41, 5.74) is 0. The molecular weight excluding hydrogens is 188 g/mol. The fraction of sp³-hybridized carbons (Fsp3) is 0. The van der Waals surface area contributed by atoms with Crippen LogP contribution in [0.2, 0.25) is 0 Å². The molecule has 1 radical (unpaired) electrons. The number of hydrogen-bond acceptors (Lipinski definition) is 3. The van der Waals surface area contributed by atoms with Crippen LogP contribution in [0.1, 0.15) is 0 Å². The van der Waals surface area contributed by atoms with Gasteiger partial charge in [-0.2, -0.15) is 0 Å². The van der Waals surface area contributed by atoms with E-state index in [4.69, 9.17) is 10.7 Å². The molecule has 0 fully saturated rings. The summed E-state index contributed by atoms with van der Waals surface area (Å²) in [6.07, 6.45) is 0. The van der Waals surface area contributed by atoms with Crippen molar-refractivity contribution >= 4 is 51.4 Å². The van der Waals surface area contributed by atoms with Gasteiger partial charge in [0.15, 0.2) is 0 Å². The van der Waals surface area contributed by atoms with E-state index in [0.29, 0.717) is 0 Å². The summed E-state index contributed by atoms with van der Waals surface area (Å²) >= 11 is -3.92. The van der Waals surface area contributed by atoms with Crippen LogP contribution in [-0.4, -0.2) is 51.4 Å². The molecule has 0 bridgehead atoms. The number of rotatable bonds is 0. The van der Waals surface area contributed by atoms with Crippen molar-refractivity contribution in [1.82, 2.24) is 0 Å². The maximum absolute atomic E-state index is 8.56. The topological polar surface area (TPSA) is 51.2 Å². The molecule has 0 N–H and O–H groups in total. The molecule has 0 aromatic heterocycles. The molecule has 0 heterocycles. The Morgan fingerprint density at radius 1 is 1.00 bits per heavy atom. The van der Waals surface area contributed by atoms with Crippen molar-refractivity contribution in [3.05, 3.63) is 0 Å². The monoisotopic (exact) mass is 189 g/mol. The minimum atomic E-state index is -3.92.